The molecule has 17 heteroatoms. The number of anilines is 2. The maximum absolute atomic E-state index is 12.0. The predicted octanol–water partition coefficient (Wildman–Crippen LogP) is 0.526. The molecule has 0 aliphatic carbocycles. The van der Waals surface area contributed by atoms with Crippen molar-refractivity contribution in [2.45, 2.75) is 50.3 Å². The normalized spacial score (nSPS) is 20.9. The molecule has 5 N–H and O–H groups in total. The van der Waals surface area contributed by atoms with Crippen LogP contribution in [0.15, 0.2) is 47.2 Å². The van der Waals surface area contributed by atoms with Gasteiger partial charge in [0.25, 0.3) is 6.47 Å². The molecule has 1 fully saturated rings. The number of aryl methyl sites for hydroxylation is 1. The van der Waals surface area contributed by atoms with Crippen LogP contribution in [0.4, 0.5) is 11.8 Å². The maximum Gasteiger partial charge on any atom is 0.293 e. The lowest BCUT2D eigenvalue weighted by Gasteiger charge is -2.20. The molecule has 0 saturated carbocycles. The van der Waals surface area contributed by atoms with Crippen LogP contribution in [0.5, 0.6) is 0 Å². The molecule has 0 amide bonds. The van der Waals surface area contributed by atoms with E-state index in [-0.39, 0.29) is 47.6 Å². The van der Waals surface area contributed by atoms with E-state index in [0.29, 0.717) is 25.0 Å². The zero-order chi connectivity index (χ0) is 31.3. The summed E-state index contributed by atoms with van der Waals surface area (Å²) in [5.41, 5.74) is 2.13. The van der Waals surface area contributed by atoms with Crippen molar-refractivity contribution in [2.75, 3.05) is 36.6 Å². The summed E-state index contributed by atoms with van der Waals surface area (Å²) in [7, 11) is -2.19. The highest BCUT2D eigenvalue weighted by molar-refractivity contribution is 7.89. The van der Waals surface area contributed by atoms with Crippen LogP contribution in [-0.2, 0) is 37.1 Å². The fraction of sp³-hybridized carbons (Fsp3) is 0.444. The second-order valence-corrected chi connectivity index (χ2v) is 12.2. The van der Waals surface area contributed by atoms with Gasteiger partial charge in [0.1, 0.15) is 24.9 Å². The summed E-state index contributed by atoms with van der Waals surface area (Å²) in [6.45, 7) is 2.27. The van der Waals surface area contributed by atoms with Crippen LogP contribution in [0.1, 0.15) is 36.3 Å². The van der Waals surface area contributed by atoms with Gasteiger partial charge in [-0.05, 0) is 25.5 Å². The lowest BCUT2D eigenvalue weighted by atomic mass is 10.1. The van der Waals surface area contributed by atoms with E-state index >= 15 is 0 Å². The smallest absolute Gasteiger partial charge is 0.293 e. The summed E-state index contributed by atoms with van der Waals surface area (Å²) in [6.07, 6.45) is -2.37. The number of hydrogen-bond donors (Lipinski definition) is 5. The van der Waals surface area contributed by atoms with Crippen molar-refractivity contribution >= 4 is 39.4 Å². The minimum atomic E-state index is -3.51. The Balaban J connectivity index is 1.49. The first-order chi connectivity index (χ1) is 21.2. The highest BCUT2D eigenvalue weighted by atomic mass is 32.2. The highest BCUT2D eigenvalue weighted by Crippen LogP contribution is 2.40. The average Bonchev–Trinajstić information content (AvgIpc) is 3.74. The van der Waals surface area contributed by atoms with Gasteiger partial charge < -0.3 is 34.8 Å². The molecule has 0 unspecified atom stereocenters. The Morgan fingerprint density at radius 1 is 1.18 bits per heavy atom. The van der Waals surface area contributed by atoms with Gasteiger partial charge in [0.15, 0.2) is 29.0 Å². The Labute approximate surface area is 252 Å². The van der Waals surface area contributed by atoms with Crippen LogP contribution >= 0.6 is 0 Å². The van der Waals surface area contributed by atoms with Gasteiger partial charge in [0, 0.05) is 12.6 Å². The number of aliphatic hydroxyl groups excluding tert-OH is 2. The van der Waals surface area contributed by atoms with E-state index in [0.717, 1.165) is 5.56 Å². The fourth-order valence-corrected chi connectivity index (χ4v) is 5.41. The first kappa shape index (κ1) is 31.3. The van der Waals surface area contributed by atoms with Crippen molar-refractivity contribution in [3.8, 4) is 0 Å². The van der Waals surface area contributed by atoms with E-state index in [2.05, 4.69) is 35.5 Å². The number of aliphatic hydroxyl groups is 2. The molecular weight excluding hydrogens is 596 g/mol. The third kappa shape index (κ3) is 6.97. The summed E-state index contributed by atoms with van der Waals surface area (Å²) >= 11 is 0. The van der Waals surface area contributed by atoms with Gasteiger partial charge in [0.05, 0.1) is 23.8 Å². The number of fused-ring (bicyclic) bond motifs is 1. The van der Waals surface area contributed by atoms with E-state index in [1.165, 1.54) is 17.9 Å². The van der Waals surface area contributed by atoms with E-state index in [1.807, 2.05) is 37.3 Å². The summed E-state index contributed by atoms with van der Waals surface area (Å²) in [4.78, 5) is 24.6. The molecule has 1 saturated heterocycles. The monoisotopic (exact) mass is 630 g/mol. The minimum absolute atomic E-state index is 0.00210. The molecule has 4 aromatic rings. The zero-order valence-corrected chi connectivity index (χ0v) is 24.8. The largest absolute Gasteiger partial charge is 0.466 e. The second-order valence-electron chi connectivity index (χ2n) is 10.1. The van der Waals surface area contributed by atoms with Gasteiger partial charge in [-0.2, -0.15) is 9.97 Å². The number of aromatic nitrogens is 5. The van der Waals surface area contributed by atoms with Crippen LogP contribution in [0, 0.1) is 0 Å². The lowest BCUT2D eigenvalue weighted by Crippen LogP contribution is -2.30. The van der Waals surface area contributed by atoms with Crippen molar-refractivity contribution in [3.05, 3.63) is 59.7 Å². The number of ether oxygens (including phenoxy) is 2. The van der Waals surface area contributed by atoms with Gasteiger partial charge in [-0.3, -0.25) is 9.36 Å². The second kappa shape index (κ2) is 13.6. The first-order valence-corrected chi connectivity index (χ1v) is 15.6. The van der Waals surface area contributed by atoms with Gasteiger partial charge in [-0.15, -0.1) is 0 Å². The number of rotatable bonds is 15. The molecule has 1 aliphatic heterocycles. The number of nitrogens with zero attached hydrogens (tertiary/aromatic N) is 5. The van der Waals surface area contributed by atoms with Crippen molar-refractivity contribution < 1.29 is 37.4 Å². The summed E-state index contributed by atoms with van der Waals surface area (Å²) in [5, 5.41) is 32.0. The van der Waals surface area contributed by atoms with Crippen molar-refractivity contribution in [3.63, 3.8) is 0 Å². The predicted molar refractivity (Wildman–Crippen MR) is 157 cm³/mol. The topological polar surface area (TPSA) is 216 Å². The van der Waals surface area contributed by atoms with Gasteiger partial charge in [-0.25, -0.2) is 18.1 Å². The Kier molecular flexibility index (Phi) is 9.70. The van der Waals surface area contributed by atoms with Crippen molar-refractivity contribution in [2.24, 2.45) is 0 Å². The van der Waals surface area contributed by atoms with E-state index in [4.69, 9.17) is 14.0 Å². The van der Waals surface area contributed by atoms with Gasteiger partial charge >= 0.3 is 0 Å². The Hall–Kier alpha value is -4.16. The molecule has 5 atom stereocenters. The fourth-order valence-electron chi connectivity index (χ4n) is 4.84. The Morgan fingerprint density at radius 3 is 2.68 bits per heavy atom. The highest BCUT2D eigenvalue weighted by Gasteiger charge is 2.47. The summed E-state index contributed by atoms with van der Waals surface area (Å²) < 4.78 is 44.2. The third-order valence-corrected chi connectivity index (χ3v) is 8.52. The first-order valence-electron chi connectivity index (χ1n) is 14.0. The number of sulfonamides is 1. The number of nitrogens with one attached hydrogen (secondary N) is 3. The molecular formula is C27H34N8O8S. The quantitative estimate of drug-likeness (QED) is 0.113. The van der Waals surface area contributed by atoms with Crippen LogP contribution < -0.4 is 15.4 Å². The number of carbonyl (C=O) groups excluding carboxylic acids is 1. The number of imidazole rings is 1. The molecule has 5 rings (SSSR count). The van der Waals surface area contributed by atoms with Crippen LogP contribution in [0.2, 0.25) is 0 Å². The number of hydrogen-bond acceptors (Lipinski definition) is 14. The lowest BCUT2D eigenvalue weighted by molar-refractivity contribution is -0.129. The molecule has 0 bridgehead atoms. The molecule has 1 aliphatic rings. The van der Waals surface area contributed by atoms with Crippen LogP contribution in [-0.4, -0.2) is 94.0 Å². The minimum Gasteiger partial charge on any atom is -0.466 e. The number of carbonyl (C=O) groups is 1. The number of benzene rings is 1. The molecule has 44 heavy (non-hydrogen) atoms. The van der Waals surface area contributed by atoms with E-state index in [1.54, 1.807) is 6.07 Å². The van der Waals surface area contributed by atoms with Crippen LogP contribution in [0.25, 0.3) is 11.2 Å². The summed E-state index contributed by atoms with van der Waals surface area (Å²) in [6, 6.07) is 10.8. The maximum atomic E-state index is 12.0. The van der Waals surface area contributed by atoms with Crippen molar-refractivity contribution in [1.29, 1.82) is 0 Å². The van der Waals surface area contributed by atoms with Gasteiger partial charge in [0.2, 0.25) is 16.0 Å². The SMILES string of the molecule is CCc1cc([C@H]2O[C@@H](n3cnc4c(NCCS(=O)(=O)NC)nc(N[C@H](COC=O)Cc5ccccc5)nc43)[C@H](O)[C@@H]2O)on1. The van der Waals surface area contributed by atoms with E-state index in [9.17, 15) is 23.4 Å². The van der Waals surface area contributed by atoms with E-state index < -0.39 is 40.6 Å². The summed E-state index contributed by atoms with van der Waals surface area (Å²) in [5.74, 6) is 0.354. The Bertz CT molecular complexity index is 1660. The molecule has 16 nitrogen and oxygen atoms in total. The zero-order valence-electron chi connectivity index (χ0n) is 24.0. The third-order valence-electron chi connectivity index (χ3n) is 7.15. The molecule has 4 heterocycles. The average molecular weight is 631 g/mol. The molecule has 1 aromatic carbocycles. The molecule has 236 valence electrons. The van der Waals surface area contributed by atoms with Crippen LogP contribution in [0.3, 0.4) is 0 Å². The molecule has 0 spiro atoms. The molecule has 0 radical (unpaired) electrons. The standard InChI is InChI=1S/C27H34N8O8S/c1-3-17-12-19(43-34-17)23-21(37)22(38)26(42-23)35-14-30-20-24(29-9-10-44(39,40)28-2)32-27(33-25(20)35)31-18(13-41-15-36)11-16-7-5-4-6-8-16/h4-8,12,14-15,18,21-23,26,28,37-38H,3,9-11,13H2,1-2H3,(H2,29,31,32,33)/t18-,21-,22+,23+,26+/m0/s1. The molecule has 3 aromatic heterocycles. The van der Waals surface area contributed by atoms with Crippen molar-refractivity contribution in [1.82, 2.24) is 29.4 Å². The van der Waals surface area contributed by atoms with Gasteiger partial charge in [-0.1, -0.05) is 42.4 Å². The Morgan fingerprint density at radius 2 is 1.98 bits per heavy atom.